The van der Waals surface area contributed by atoms with E-state index in [2.05, 4.69) is 5.32 Å². The van der Waals surface area contributed by atoms with Crippen LogP contribution in [0.25, 0.3) is 0 Å². The van der Waals surface area contributed by atoms with Gasteiger partial charge in [-0.1, -0.05) is 18.2 Å². The summed E-state index contributed by atoms with van der Waals surface area (Å²) in [6.45, 7) is 0.749. The van der Waals surface area contributed by atoms with E-state index in [0.29, 0.717) is 6.42 Å². The fraction of sp³-hybridized carbons (Fsp3) is 0.455. The van der Waals surface area contributed by atoms with Crippen LogP contribution >= 0.6 is 0 Å². The van der Waals surface area contributed by atoms with Gasteiger partial charge in [-0.3, -0.25) is 0 Å². The largest absolute Gasteiger partial charge is 0.381 e. The maximum Gasteiger partial charge on any atom is 0.137 e. The molecule has 2 unspecified atom stereocenters. The van der Waals surface area contributed by atoms with Crippen molar-refractivity contribution in [2.75, 3.05) is 19.0 Å². The number of hydroxylamine groups is 2. The number of nitrogens with zero attached hydrogens (tertiary/aromatic N) is 1. The molecule has 4 nitrogen and oxygen atoms in total. The van der Waals surface area contributed by atoms with Crippen LogP contribution in [0.3, 0.4) is 0 Å². The Morgan fingerprint density at radius 2 is 2.33 bits per heavy atom. The normalized spacial score (nSPS) is 33.6. The third-order valence-corrected chi connectivity index (χ3v) is 3.37. The molecule has 1 saturated heterocycles. The number of hydrogen-bond donors (Lipinski definition) is 2. The fourth-order valence-electron chi connectivity index (χ4n) is 2.59. The number of aliphatic hydroxyl groups is 1. The van der Waals surface area contributed by atoms with E-state index >= 15 is 0 Å². The van der Waals surface area contributed by atoms with E-state index in [0.717, 1.165) is 17.8 Å². The van der Waals surface area contributed by atoms with Gasteiger partial charge in [-0.05, 0) is 12.5 Å². The molecule has 4 heteroatoms. The molecule has 0 amide bonds. The van der Waals surface area contributed by atoms with Gasteiger partial charge < -0.3 is 15.3 Å². The zero-order valence-electron chi connectivity index (χ0n) is 8.60. The van der Waals surface area contributed by atoms with Gasteiger partial charge in [0.25, 0.3) is 0 Å². The maximum atomic E-state index is 10.6. The van der Waals surface area contributed by atoms with Crippen LogP contribution in [0.2, 0.25) is 0 Å². The molecule has 0 saturated carbocycles. The number of para-hydroxylation sites is 1. The van der Waals surface area contributed by atoms with E-state index in [9.17, 15) is 5.11 Å². The lowest BCUT2D eigenvalue weighted by Gasteiger charge is -2.26. The Hall–Kier alpha value is -1.10. The molecule has 1 fully saturated rings. The second kappa shape index (κ2) is 2.95. The van der Waals surface area contributed by atoms with Crippen molar-refractivity contribution < 1.29 is 9.94 Å². The first-order valence-electron chi connectivity index (χ1n) is 5.15. The highest BCUT2D eigenvalue weighted by molar-refractivity contribution is 5.61. The van der Waals surface area contributed by atoms with Gasteiger partial charge in [0.2, 0.25) is 0 Å². The van der Waals surface area contributed by atoms with E-state index in [1.165, 1.54) is 0 Å². The molecule has 2 N–H and O–H groups in total. The quantitative estimate of drug-likeness (QED) is 0.716. The van der Waals surface area contributed by atoms with Gasteiger partial charge in [-0.2, -0.15) is 5.06 Å². The summed E-state index contributed by atoms with van der Waals surface area (Å²) in [5, 5.41) is 15.7. The molecule has 2 heterocycles. The van der Waals surface area contributed by atoms with Crippen molar-refractivity contribution in [1.82, 2.24) is 5.06 Å². The van der Waals surface area contributed by atoms with E-state index < -0.39 is 5.60 Å². The molecule has 0 radical (unpaired) electrons. The monoisotopic (exact) mass is 206 g/mol. The van der Waals surface area contributed by atoms with Gasteiger partial charge in [-0.25, -0.2) is 0 Å². The average molecular weight is 206 g/mol. The molecule has 15 heavy (non-hydrogen) atoms. The third kappa shape index (κ3) is 1.07. The van der Waals surface area contributed by atoms with Crippen LogP contribution in [-0.2, 0) is 10.4 Å². The lowest BCUT2D eigenvalue weighted by molar-refractivity contribution is -0.155. The topological polar surface area (TPSA) is 44.7 Å². The highest BCUT2D eigenvalue weighted by atomic mass is 16.7. The van der Waals surface area contributed by atoms with Crippen LogP contribution in [0, 0.1) is 0 Å². The van der Waals surface area contributed by atoms with Gasteiger partial charge in [0, 0.05) is 17.8 Å². The Bertz CT molecular complexity index is 396. The molecule has 2 atom stereocenters. The summed E-state index contributed by atoms with van der Waals surface area (Å²) in [5.74, 6) is 0. The van der Waals surface area contributed by atoms with E-state index in [1.807, 2.05) is 24.3 Å². The molecule has 80 valence electrons. The van der Waals surface area contributed by atoms with Crippen molar-refractivity contribution in [3.63, 3.8) is 0 Å². The maximum absolute atomic E-state index is 10.6. The Labute approximate surface area is 88.4 Å². The summed E-state index contributed by atoms with van der Waals surface area (Å²) in [4.78, 5) is 5.23. The predicted octanol–water partition coefficient (Wildman–Crippen LogP) is 0.893. The predicted molar refractivity (Wildman–Crippen MR) is 56.1 cm³/mol. The Kier molecular flexibility index (Phi) is 1.80. The number of anilines is 1. The van der Waals surface area contributed by atoms with Crippen molar-refractivity contribution in [1.29, 1.82) is 0 Å². The van der Waals surface area contributed by atoms with Crippen LogP contribution < -0.4 is 5.32 Å². The molecular formula is C11H14N2O2. The minimum Gasteiger partial charge on any atom is -0.381 e. The summed E-state index contributed by atoms with van der Waals surface area (Å²) in [5.41, 5.74) is 1.19. The molecule has 3 rings (SSSR count). The summed E-state index contributed by atoms with van der Waals surface area (Å²) < 4.78 is 0. The van der Waals surface area contributed by atoms with E-state index in [1.54, 1.807) is 12.2 Å². The first-order chi connectivity index (χ1) is 7.25. The number of rotatable bonds is 1. The fourth-order valence-corrected chi connectivity index (χ4v) is 2.59. The molecule has 0 spiro atoms. The van der Waals surface area contributed by atoms with Crippen LogP contribution in [-0.4, -0.2) is 30.0 Å². The lowest BCUT2D eigenvalue weighted by atomic mass is 9.93. The van der Waals surface area contributed by atoms with Crippen molar-refractivity contribution in [2.45, 2.75) is 18.2 Å². The van der Waals surface area contributed by atoms with Crippen molar-refractivity contribution in [2.24, 2.45) is 0 Å². The molecule has 2 aliphatic rings. The first kappa shape index (κ1) is 9.15. The molecular weight excluding hydrogens is 192 g/mol. The van der Waals surface area contributed by atoms with Gasteiger partial charge in [0.1, 0.15) is 11.8 Å². The first-order valence-corrected chi connectivity index (χ1v) is 5.15. The molecule has 0 bridgehead atoms. The van der Waals surface area contributed by atoms with Crippen LogP contribution in [0.15, 0.2) is 24.3 Å². The SMILES string of the molecule is CON1CCC2(O)c3ccccc3NC12. The van der Waals surface area contributed by atoms with Crippen molar-refractivity contribution in [3.05, 3.63) is 29.8 Å². The second-order valence-corrected chi connectivity index (χ2v) is 4.09. The Balaban J connectivity index is 2.06. The molecule has 0 aliphatic carbocycles. The molecule has 0 aromatic heterocycles. The van der Waals surface area contributed by atoms with Crippen LogP contribution in [0.5, 0.6) is 0 Å². The van der Waals surface area contributed by atoms with Crippen LogP contribution in [0.1, 0.15) is 12.0 Å². The number of hydrogen-bond acceptors (Lipinski definition) is 4. The second-order valence-electron chi connectivity index (χ2n) is 4.09. The number of fused-ring (bicyclic) bond motifs is 3. The van der Waals surface area contributed by atoms with E-state index in [4.69, 9.17) is 4.84 Å². The molecule has 1 aromatic carbocycles. The van der Waals surface area contributed by atoms with Gasteiger partial charge in [0.15, 0.2) is 0 Å². The van der Waals surface area contributed by atoms with Gasteiger partial charge in [-0.15, -0.1) is 0 Å². The summed E-state index contributed by atoms with van der Waals surface area (Å²) >= 11 is 0. The van der Waals surface area contributed by atoms with Crippen molar-refractivity contribution in [3.8, 4) is 0 Å². The highest BCUT2D eigenvalue weighted by Gasteiger charge is 2.53. The highest BCUT2D eigenvalue weighted by Crippen LogP contribution is 2.46. The summed E-state index contributed by atoms with van der Waals surface area (Å²) in [6.07, 6.45) is 0.551. The number of nitrogens with one attached hydrogen (secondary N) is 1. The standard InChI is InChI=1S/C11H14N2O2/c1-15-13-7-6-11(14)8-4-2-3-5-9(8)12-10(11)13/h2-5,10,12,14H,6-7H2,1H3. The van der Waals surface area contributed by atoms with Gasteiger partial charge >= 0.3 is 0 Å². The smallest absolute Gasteiger partial charge is 0.137 e. The van der Waals surface area contributed by atoms with Crippen molar-refractivity contribution >= 4 is 5.69 Å². The van der Waals surface area contributed by atoms with Crippen LogP contribution in [0.4, 0.5) is 5.69 Å². The zero-order valence-corrected chi connectivity index (χ0v) is 8.60. The van der Waals surface area contributed by atoms with E-state index in [-0.39, 0.29) is 6.17 Å². The van der Waals surface area contributed by atoms with Gasteiger partial charge in [0.05, 0.1) is 7.11 Å². The summed E-state index contributed by atoms with van der Waals surface area (Å²) in [6, 6.07) is 7.88. The average Bonchev–Trinajstić information content (AvgIpc) is 2.71. The Morgan fingerprint density at radius 1 is 1.53 bits per heavy atom. The summed E-state index contributed by atoms with van der Waals surface area (Å²) in [7, 11) is 1.64. The number of benzene rings is 1. The molecule has 1 aromatic rings. The zero-order chi connectivity index (χ0) is 10.5. The third-order valence-electron chi connectivity index (χ3n) is 3.37. The lowest BCUT2D eigenvalue weighted by Crippen LogP contribution is -2.42. The molecule has 2 aliphatic heterocycles. The Morgan fingerprint density at radius 3 is 3.13 bits per heavy atom. The minimum atomic E-state index is -0.799. The minimum absolute atomic E-state index is 0.153.